The maximum absolute atomic E-state index is 11.4. The lowest BCUT2D eigenvalue weighted by atomic mass is 9.87. The Morgan fingerprint density at radius 1 is 1.07 bits per heavy atom. The van der Waals surface area contributed by atoms with Crippen LogP contribution in [-0.2, 0) is 4.79 Å². The molecule has 0 N–H and O–H groups in total. The molecule has 1 aromatic rings. The van der Waals surface area contributed by atoms with E-state index >= 15 is 0 Å². The van der Waals surface area contributed by atoms with Gasteiger partial charge in [0.1, 0.15) is 5.78 Å². The molecule has 0 aliphatic carbocycles. The molecule has 1 heteroatoms. The van der Waals surface area contributed by atoms with Gasteiger partial charge in [0.25, 0.3) is 0 Å². The van der Waals surface area contributed by atoms with E-state index in [0.717, 1.165) is 0 Å². The molecule has 0 saturated carbocycles. The molecule has 0 aliphatic rings. The molecule has 82 valence electrons. The summed E-state index contributed by atoms with van der Waals surface area (Å²) >= 11 is 0. The largest absolute Gasteiger partial charge is 0.299 e. The number of rotatable bonds is 2. The van der Waals surface area contributed by atoms with Crippen molar-refractivity contribution >= 4 is 5.78 Å². The minimum Gasteiger partial charge on any atom is -0.299 e. The summed E-state index contributed by atoms with van der Waals surface area (Å²) in [5.41, 5.74) is 6.38. The van der Waals surface area contributed by atoms with Crippen LogP contribution in [0.25, 0.3) is 0 Å². The van der Waals surface area contributed by atoms with Crippen LogP contribution in [0.3, 0.4) is 0 Å². The molecule has 0 aliphatic heterocycles. The quantitative estimate of drug-likeness (QED) is 0.719. The fourth-order valence-corrected chi connectivity index (χ4v) is 1.91. The van der Waals surface area contributed by atoms with Gasteiger partial charge in [0.2, 0.25) is 0 Å². The van der Waals surface area contributed by atoms with Crippen LogP contribution in [0.4, 0.5) is 0 Å². The number of hydrogen-bond acceptors (Lipinski definition) is 1. The topological polar surface area (TPSA) is 17.1 Å². The van der Waals surface area contributed by atoms with Crippen molar-refractivity contribution in [3.8, 4) is 0 Å². The third-order valence-corrected chi connectivity index (χ3v) is 3.60. The predicted octanol–water partition coefficient (Wildman–Crippen LogP) is 3.61. The molecule has 0 bridgehead atoms. The SMILES string of the molecule is CC(=O)C(C)c1cc(C)c(C)c(C)c1C. The molecule has 1 unspecified atom stereocenters. The second-order valence-corrected chi connectivity index (χ2v) is 4.49. The summed E-state index contributed by atoms with van der Waals surface area (Å²) in [6.45, 7) is 12.1. The highest BCUT2D eigenvalue weighted by molar-refractivity contribution is 5.83. The van der Waals surface area contributed by atoms with E-state index in [1.807, 2.05) is 6.92 Å². The zero-order chi connectivity index (χ0) is 11.7. The summed E-state index contributed by atoms with van der Waals surface area (Å²) in [5, 5.41) is 0. The molecule has 1 rings (SSSR count). The van der Waals surface area contributed by atoms with E-state index in [1.54, 1.807) is 6.92 Å². The molecule has 0 saturated heterocycles. The highest BCUT2D eigenvalue weighted by Gasteiger charge is 2.15. The summed E-state index contributed by atoms with van der Waals surface area (Å²) in [7, 11) is 0. The molecule has 0 fully saturated rings. The van der Waals surface area contributed by atoms with E-state index in [-0.39, 0.29) is 11.7 Å². The fourth-order valence-electron chi connectivity index (χ4n) is 1.91. The Morgan fingerprint density at radius 2 is 1.60 bits per heavy atom. The Kier molecular flexibility index (Phi) is 3.33. The van der Waals surface area contributed by atoms with Gasteiger partial charge in [0.15, 0.2) is 0 Å². The third-order valence-electron chi connectivity index (χ3n) is 3.60. The van der Waals surface area contributed by atoms with Crippen LogP contribution in [0, 0.1) is 27.7 Å². The zero-order valence-electron chi connectivity index (χ0n) is 10.6. The van der Waals surface area contributed by atoms with Crippen LogP contribution in [0.1, 0.15) is 47.6 Å². The molecule has 0 spiro atoms. The predicted molar refractivity (Wildman–Crippen MR) is 64.5 cm³/mol. The smallest absolute Gasteiger partial charge is 0.136 e. The second kappa shape index (κ2) is 4.18. The summed E-state index contributed by atoms with van der Waals surface area (Å²) < 4.78 is 0. The number of aryl methyl sites for hydroxylation is 1. The van der Waals surface area contributed by atoms with Gasteiger partial charge < -0.3 is 0 Å². The zero-order valence-corrected chi connectivity index (χ0v) is 10.6. The first-order valence-corrected chi connectivity index (χ1v) is 5.44. The first kappa shape index (κ1) is 12.0. The van der Waals surface area contributed by atoms with Crippen molar-refractivity contribution in [3.05, 3.63) is 33.9 Å². The average Bonchev–Trinajstić information content (AvgIpc) is 2.19. The van der Waals surface area contributed by atoms with Crippen LogP contribution in [0.15, 0.2) is 6.07 Å². The van der Waals surface area contributed by atoms with Gasteiger partial charge in [-0.2, -0.15) is 0 Å². The third kappa shape index (κ3) is 2.11. The molecule has 1 atom stereocenters. The summed E-state index contributed by atoms with van der Waals surface area (Å²) in [6, 6.07) is 2.16. The van der Waals surface area contributed by atoms with Crippen molar-refractivity contribution in [1.82, 2.24) is 0 Å². The minimum absolute atomic E-state index is 0.0167. The summed E-state index contributed by atoms with van der Waals surface area (Å²) in [6.07, 6.45) is 0. The van der Waals surface area contributed by atoms with E-state index in [1.165, 1.54) is 27.8 Å². The molecule has 0 aromatic heterocycles. The molecule has 15 heavy (non-hydrogen) atoms. The highest BCUT2D eigenvalue weighted by atomic mass is 16.1. The van der Waals surface area contributed by atoms with Gasteiger partial charge in [0, 0.05) is 5.92 Å². The van der Waals surface area contributed by atoms with Gasteiger partial charge >= 0.3 is 0 Å². The van der Waals surface area contributed by atoms with Gasteiger partial charge in [-0.3, -0.25) is 4.79 Å². The number of Topliss-reactive ketones (excluding diaryl/α,β-unsaturated/α-hetero) is 1. The molecular formula is C14H20O. The van der Waals surface area contributed by atoms with Gasteiger partial charge in [-0.1, -0.05) is 13.0 Å². The van der Waals surface area contributed by atoms with Gasteiger partial charge in [0.05, 0.1) is 0 Å². The molecule has 1 aromatic carbocycles. The van der Waals surface area contributed by atoms with E-state index in [9.17, 15) is 4.79 Å². The lowest BCUT2D eigenvalue weighted by molar-refractivity contribution is -0.118. The van der Waals surface area contributed by atoms with Gasteiger partial charge in [-0.15, -0.1) is 0 Å². The van der Waals surface area contributed by atoms with E-state index < -0.39 is 0 Å². The van der Waals surface area contributed by atoms with Crippen molar-refractivity contribution in [2.45, 2.75) is 47.5 Å². The lowest BCUT2D eigenvalue weighted by Gasteiger charge is -2.17. The normalized spacial score (nSPS) is 12.7. The van der Waals surface area contributed by atoms with Gasteiger partial charge in [-0.25, -0.2) is 0 Å². The van der Waals surface area contributed by atoms with Crippen molar-refractivity contribution in [2.75, 3.05) is 0 Å². The van der Waals surface area contributed by atoms with Crippen LogP contribution in [0.2, 0.25) is 0 Å². The van der Waals surface area contributed by atoms with Crippen LogP contribution in [0.5, 0.6) is 0 Å². The van der Waals surface area contributed by atoms with Crippen molar-refractivity contribution in [1.29, 1.82) is 0 Å². The first-order valence-electron chi connectivity index (χ1n) is 5.44. The highest BCUT2D eigenvalue weighted by Crippen LogP contribution is 2.27. The maximum Gasteiger partial charge on any atom is 0.136 e. The number of carbonyl (C=O) groups excluding carboxylic acids is 1. The number of benzene rings is 1. The molecule has 1 nitrogen and oxygen atoms in total. The van der Waals surface area contributed by atoms with Crippen molar-refractivity contribution in [3.63, 3.8) is 0 Å². The maximum atomic E-state index is 11.4. The Balaban J connectivity index is 3.38. The second-order valence-electron chi connectivity index (χ2n) is 4.49. The summed E-state index contributed by atoms with van der Waals surface area (Å²) in [4.78, 5) is 11.4. The minimum atomic E-state index is 0.0167. The first-order chi connectivity index (χ1) is 6.86. The van der Waals surface area contributed by atoms with E-state index in [2.05, 4.69) is 33.8 Å². The lowest BCUT2D eigenvalue weighted by Crippen LogP contribution is -2.08. The van der Waals surface area contributed by atoms with E-state index in [4.69, 9.17) is 0 Å². The molecular weight excluding hydrogens is 184 g/mol. The van der Waals surface area contributed by atoms with Crippen molar-refractivity contribution in [2.24, 2.45) is 0 Å². The average molecular weight is 204 g/mol. The monoisotopic (exact) mass is 204 g/mol. The fraction of sp³-hybridized carbons (Fsp3) is 0.500. The van der Waals surface area contributed by atoms with Crippen molar-refractivity contribution < 1.29 is 4.79 Å². The number of hydrogen-bond donors (Lipinski definition) is 0. The number of ketones is 1. The van der Waals surface area contributed by atoms with Gasteiger partial charge in [-0.05, 0) is 62.4 Å². The Morgan fingerprint density at radius 3 is 2.07 bits per heavy atom. The molecule has 0 heterocycles. The Hall–Kier alpha value is -1.11. The molecule has 0 amide bonds. The standard InChI is InChI=1S/C14H20O/c1-8-7-14(12(5)13(6)15)11(4)10(3)9(8)2/h7,12H,1-6H3. The number of carbonyl (C=O) groups is 1. The van der Waals surface area contributed by atoms with E-state index in [0.29, 0.717) is 0 Å². The van der Waals surface area contributed by atoms with Crippen LogP contribution < -0.4 is 0 Å². The Labute approximate surface area is 92.5 Å². The summed E-state index contributed by atoms with van der Waals surface area (Å²) in [5.74, 6) is 0.253. The van der Waals surface area contributed by atoms with Crippen LogP contribution >= 0.6 is 0 Å². The Bertz CT molecular complexity index is 402. The molecule has 0 radical (unpaired) electrons. The van der Waals surface area contributed by atoms with Crippen LogP contribution in [-0.4, -0.2) is 5.78 Å².